The summed E-state index contributed by atoms with van der Waals surface area (Å²) in [5.74, 6) is -0.372. The largest absolute Gasteiger partial charge is 0.347 e. The summed E-state index contributed by atoms with van der Waals surface area (Å²) in [6.07, 6.45) is 1.52. The fraction of sp³-hybridized carbons (Fsp3) is 0.462. The van der Waals surface area contributed by atoms with Crippen LogP contribution in [-0.4, -0.2) is 19.9 Å². The number of hydrogen-bond donors (Lipinski definition) is 2. The van der Waals surface area contributed by atoms with Gasteiger partial charge in [0.1, 0.15) is 0 Å². The van der Waals surface area contributed by atoms with Crippen molar-refractivity contribution in [3.05, 3.63) is 28.8 Å². The lowest BCUT2D eigenvalue weighted by molar-refractivity contribution is 0.0901. The van der Waals surface area contributed by atoms with E-state index in [0.717, 1.165) is 12.8 Å². The molecule has 3 N–H and O–H groups in total. The number of hydrogen-bond acceptors (Lipinski definition) is 3. The van der Waals surface area contributed by atoms with Gasteiger partial charge in [0.2, 0.25) is 10.0 Å². The lowest BCUT2D eigenvalue weighted by Gasteiger charge is -2.28. The maximum Gasteiger partial charge on any atom is 0.251 e. The third kappa shape index (κ3) is 4.19. The molecule has 0 radical (unpaired) electrons. The average Bonchev–Trinajstić information content (AvgIpc) is 2.36. The van der Waals surface area contributed by atoms with Gasteiger partial charge in [-0.15, -0.1) is 0 Å². The topological polar surface area (TPSA) is 89.3 Å². The second kappa shape index (κ2) is 6.11. The van der Waals surface area contributed by atoms with E-state index in [1.807, 2.05) is 20.8 Å². The molecule has 0 saturated carbocycles. The van der Waals surface area contributed by atoms with E-state index in [9.17, 15) is 13.2 Å². The van der Waals surface area contributed by atoms with Crippen molar-refractivity contribution in [1.29, 1.82) is 0 Å². The van der Waals surface area contributed by atoms with E-state index in [1.165, 1.54) is 18.2 Å². The Morgan fingerprint density at radius 3 is 2.30 bits per heavy atom. The zero-order chi connectivity index (χ0) is 15.6. The molecule has 0 spiro atoms. The Kier molecular flexibility index (Phi) is 5.18. The number of benzene rings is 1. The molecule has 7 heteroatoms. The molecule has 0 aliphatic rings. The van der Waals surface area contributed by atoms with Gasteiger partial charge in [-0.05, 0) is 38.0 Å². The molecule has 0 saturated heterocycles. The van der Waals surface area contributed by atoms with Gasteiger partial charge in [-0.3, -0.25) is 4.79 Å². The first-order valence-electron chi connectivity index (χ1n) is 6.27. The minimum absolute atomic E-state index is 0.149. The van der Waals surface area contributed by atoms with Gasteiger partial charge in [-0.25, -0.2) is 13.6 Å². The van der Waals surface area contributed by atoms with Crippen LogP contribution in [0.15, 0.2) is 23.1 Å². The Morgan fingerprint density at radius 2 is 1.85 bits per heavy atom. The number of sulfonamides is 1. The van der Waals surface area contributed by atoms with Crippen molar-refractivity contribution in [2.45, 2.75) is 44.0 Å². The summed E-state index contributed by atoms with van der Waals surface area (Å²) in [6, 6.07) is 3.85. The van der Waals surface area contributed by atoms with Crippen molar-refractivity contribution < 1.29 is 13.2 Å². The van der Waals surface area contributed by atoms with E-state index in [0.29, 0.717) is 0 Å². The van der Waals surface area contributed by atoms with E-state index < -0.39 is 10.0 Å². The van der Waals surface area contributed by atoms with E-state index in [1.54, 1.807) is 0 Å². The Morgan fingerprint density at radius 1 is 1.30 bits per heavy atom. The zero-order valence-electron chi connectivity index (χ0n) is 11.7. The number of amides is 1. The van der Waals surface area contributed by atoms with Crippen LogP contribution < -0.4 is 10.5 Å². The van der Waals surface area contributed by atoms with Crippen molar-refractivity contribution in [1.82, 2.24) is 5.32 Å². The minimum atomic E-state index is -3.90. The van der Waals surface area contributed by atoms with Crippen LogP contribution in [0, 0.1) is 0 Å². The summed E-state index contributed by atoms with van der Waals surface area (Å²) in [6.45, 7) is 5.87. The summed E-state index contributed by atoms with van der Waals surface area (Å²) >= 11 is 5.84. The minimum Gasteiger partial charge on any atom is -0.347 e. The van der Waals surface area contributed by atoms with Crippen molar-refractivity contribution in [3.8, 4) is 0 Å². The molecule has 0 unspecified atom stereocenters. The highest BCUT2D eigenvalue weighted by atomic mass is 35.5. The number of halogens is 1. The molecular weight excluding hydrogens is 300 g/mol. The van der Waals surface area contributed by atoms with Crippen LogP contribution in [0.1, 0.15) is 44.0 Å². The lowest BCUT2D eigenvalue weighted by Crippen LogP contribution is -2.45. The quantitative estimate of drug-likeness (QED) is 0.873. The standard InChI is InChI=1S/C13H19ClN2O3S/c1-4-13(3,5-2)16-12(17)9-6-10(14)8-11(7-9)20(15,18)19/h6-8H,4-5H2,1-3H3,(H,16,17)(H2,15,18,19). The molecule has 0 aliphatic heterocycles. The number of carbonyl (C=O) groups is 1. The van der Waals surface area contributed by atoms with Gasteiger partial charge in [0.15, 0.2) is 0 Å². The van der Waals surface area contributed by atoms with Crippen LogP contribution in [-0.2, 0) is 10.0 Å². The third-order valence-corrected chi connectivity index (χ3v) is 4.55. The first-order chi connectivity index (χ1) is 9.11. The first-order valence-corrected chi connectivity index (χ1v) is 8.19. The molecule has 1 amide bonds. The van der Waals surface area contributed by atoms with Gasteiger partial charge in [0.25, 0.3) is 5.91 Å². The number of carbonyl (C=O) groups excluding carboxylic acids is 1. The molecule has 1 aromatic carbocycles. The number of rotatable bonds is 5. The van der Waals surface area contributed by atoms with Gasteiger partial charge in [-0.2, -0.15) is 0 Å². The second-order valence-electron chi connectivity index (χ2n) is 4.94. The maximum absolute atomic E-state index is 12.2. The highest BCUT2D eigenvalue weighted by molar-refractivity contribution is 7.89. The molecule has 0 aliphatic carbocycles. The molecule has 0 heterocycles. The number of nitrogens with one attached hydrogen (secondary N) is 1. The van der Waals surface area contributed by atoms with Gasteiger partial charge in [0, 0.05) is 16.1 Å². The maximum atomic E-state index is 12.2. The number of nitrogens with two attached hydrogens (primary N) is 1. The molecule has 0 fully saturated rings. The third-order valence-electron chi connectivity index (χ3n) is 3.44. The predicted octanol–water partition coefficient (Wildman–Crippen LogP) is 2.30. The monoisotopic (exact) mass is 318 g/mol. The van der Waals surface area contributed by atoms with Gasteiger partial charge >= 0.3 is 0 Å². The summed E-state index contributed by atoms with van der Waals surface area (Å²) in [4.78, 5) is 12.0. The van der Waals surface area contributed by atoms with E-state index in [-0.39, 0.29) is 26.9 Å². The van der Waals surface area contributed by atoms with Crippen molar-refractivity contribution in [2.75, 3.05) is 0 Å². The summed E-state index contributed by atoms with van der Waals surface area (Å²) in [7, 11) is -3.90. The van der Waals surface area contributed by atoms with Gasteiger partial charge in [0.05, 0.1) is 4.90 Å². The van der Waals surface area contributed by atoms with Crippen molar-refractivity contribution in [2.24, 2.45) is 5.14 Å². The highest BCUT2D eigenvalue weighted by Gasteiger charge is 2.23. The zero-order valence-corrected chi connectivity index (χ0v) is 13.3. The SMILES string of the molecule is CCC(C)(CC)NC(=O)c1cc(Cl)cc(S(N)(=O)=O)c1. The second-order valence-corrected chi connectivity index (χ2v) is 6.94. The molecule has 0 bridgehead atoms. The predicted molar refractivity (Wildman–Crippen MR) is 79.3 cm³/mol. The molecule has 1 rings (SSSR count). The van der Waals surface area contributed by atoms with Gasteiger partial charge in [-0.1, -0.05) is 25.4 Å². The molecular formula is C13H19ClN2O3S. The van der Waals surface area contributed by atoms with E-state index in [2.05, 4.69) is 5.32 Å². The van der Waals surface area contributed by atoms with Crippen molar-refractivity contribution in [3.63, 3.8) is 0 Å². The average molecular weight is 319 g/mol. The summed E-state index contributed by atoms with van der Waals surface area (Å²) in [5, 5.41) is 8.09. The first kappa shape index (κ1) is 16.9. The number of primary sulfonamides is 1. The summed E-state index contributed by atoms with van der Waals surface area (Å²) in [5.41, 5.74) is -0.170. The van der Waals surface area contributed by atoms with Crippen LogP contribution in [0.2, 0.25) is 5.02 Å². The van der Waals surface area contributed by atoms with Crippen LogP contribution in [0.3, 0.4) is 0 Å². The highest BCUT2D eigenvalue weighted by Crippen LogP contribution is 2.20. The van der Waals surface area contributed by atoms with Crippen LogP contribution in [0.25, 0.3) is 0 Å². The molecule has 0 aromatic heterocycles. The molecule has 112 valence electrons. The fourth-order valence-electron chi connectivity index (χ4n) is 1.63. The Hall–Kier alpha value is -1.11. The normalized spacial score (nSPS) is 12.2. The van der Waals surface area contributed by atoms with Crippen LogP contribution in [0.5, 0.6) is 0 Å². The van der Waals surface area contributed by atoms with Gasteiger partial charge < -0.3 is 5.32 Å². The fourth-order valence-corrected chi connectivity index (χ4v) is 2.51. The van der Waals surface area contributed by atoms with Crippen LogP contribution in [0.4, 0.5) is 0 Å². The lowest BCUT2D eigenvalue weighted by atomic mass is 9.95. The Balaban J connectivity index is 3.15. The van der Waals surface area contributed by atoms with Crippen molar-refractivity contribution >= 4 is 27.5 Å². The summed E-state index contributed by atoms with van der Waals surface area (Å²) < 4.78 is 22.7. The van der Waals surface area contributed by atoms with E-state index >= 15 is 0 Å². The molecule has 5 nitrogen and oxygen atoms in total. The smallest absolute Gasteiger partial charge is 0.251 e. The molecule has 20 heavy (non-hydrogen) atoms. The van der Waals surface area contributed by atoms with Crippen LogP contribution >= 0.6 is 11.6 Å². The Bertz CT molecular complexity index is 610. The molecule has 0 atom stereocenters. The van der Waals surface area contributed by atoms with E-state index in [4.69, 9.17) is 16.7 Å². The Labute approximate surface area is 124 Å². The molecule has 1 aromatic rings.